The summed E-state index contributed by atoms with van der Waals surface area (Å²) in [6, 6.07) is 9.29. The predicted octanol–water partition coefficient (Wildman–Crippen LogP) is 4.29. The Labute approximate surface area is 124 Å². The number of Topliss-reactive ketones (excluding diaryl/α,β-unsaturated/α-hetero) is 1. The van der Waals surface area contributed by atoms with Gasteiger partial charge < -0.3 is 9.05 Å². The van der Waals surface area contributed by atoms with Crippen molar-refractivity contribution in [1.29, 1.82) is 0 Å². The van der Waals surface area contributed by atoms with Gasteiger partial charge in [-0.05, 0) is 25.7 Å². The molecule has 0 atom stereocenters. The minimum Gasteiger partial charge on any atom is -0.322 e. The molecule has 0 aliphatic rings. The van der Waals surface area contributed by atoms with Gasteiger partial charge in [0.2, 0.25) is 5.69 Å². The molecule has 1 aromatic carbocycles. The third-order valence-electron chi connectivity index (χ3n) is 2.25. The monoisotopic (exact) mass is 318 g/mol. The normalized spacial score (nSPS) is 11.5. The van der Waals surface area contributed by atoms with Crippen molar-refractivity contribution in [2.75, 3.05) is 19.0 Å². The van der Waals surface area contributed by atoms with E-state index in [9.17, 15) is 4.79 Å². The molecule has 106 valence electrons. The van der Waals surface area contributed by atoms with Crippen LogP contribution in [0.25, 0.3) is 0 Å². The zero-order chi connectivity index (χ0) is 14.1. The summed E-state index contributed by atoms with van der Waals surface area (Å²) < 4.78 is 11.0. The largest absolute Gasteiger partial charge is 0.322 e. The van der Waals surface area contributed by atoms with E-state index in [4.69, 9.17) is 20.9 Å². The predicted molar refractivity (Wildman–Crippen MR) is 85.4 cm³/mol. The summed E-state index contributed by atoms with van der Waals surface area (Å²) in [7, 11) is 0. The lowest BCUT2D eigenvalue weighted by atomic mass is 10.1. The summed E-state index contributed by atoms with van der Waals surface area (Å²) in [6.45, 7) is 4.87. The van der Waals surface area contributed by atoms with Gasteiger partial charge in [-0.2, -0.15) is 0 Å². The van der Waals surface area contributed by atoms with Crippen molar-refractivity contribution in [3.8, 4) is 0 Å². The first-order chi connectivity index (χ1) is 9.11. The van der Waals surface area contributed by atoms with Crippen molar-refractivity contribution in [2.45, 2.75) is 20.3 Å². The maximum absolute atomic E-state index is 11.9. The van der Waals surface area contributed by atoms with Gasteiger partial charge in [0.1, 0.15) is 0 Å². The van der Waals surface area contributed by atoms with E-state index in [0.717, 1.165) is 5.56 Å². The Bertz CT molecular complexity index is 427. The molecule has 1 rings (SSSR count). The number of benzene rings is 1. The topological polar surface area (TPSA) is 35.5 Å². The molecule has 0 heterocycles. The van der Waals surface area contributed by atoms with Crippen molar-refractivity contribution in [2.24, 2.45) is 0 Å². The highest BCUT2D eigenvalue weighted by Crippen LogP contribution is 2.60. The van der Waals surface area contributed by atoms with Crippen LogP contribution in [0.4, 0.5) is 0 Å². The molecule has 0 unspecified atom stereocenters. The van der Waals surface area contributed by atoms with Gasteiger partial charge >= 0.3 is 0 Å². The van der Waals surface area contributed by atoms with Crippen molar-refractivity contribution in [3.05, 3.63) is 35.9 Å². The standard InChI is InChI=1S/C13H19O3PS2/c1-3-15-17(18,16-4-2)19-11-10-13(14)12-8-6-5-7-9-12/h5-9H,3-4,10-11H2,1-2H3. The fourth-order valence-electron chi connectivity index (χ4n) is 1.45. The number of hydrogen-bond acceptors (Lipinski definition) is 5. The molecule has 0 radical (unpaired) electrons. The second kappa shape index (κ2) is 8.88. The van der Waals surface area contributed by atoms with Crippen molar-refractivity contribution < 1.29 is 13.8 Å². The van der Waals surface area contributed by atoms with E-state index in [1.807, 2.05) is 44.2 Å². The van der Waals surface area contributed by atoms with E-state index in [0.29, 0.717) is 25.4 Å². The first-order valence-electron chi connectivity index (χ1n) is 6.23. The molecular weight excluding hydrogens is 299 g/mol. The molecule has 0 spiro atoms. The van der Waals surface area contributed by atoms with Crippen LogP contribution in [-0.2, 0) is 20.9 Å². The first-order valence-corrected chi connectivity index (χ1v) is 10.5. The van der Waals surface area contributed by atoms with E-state index < -0.39 is 5.69 Å². The Balaban J connectivity index is 2.44. The minimum atomic E-state index is -2.27. The smallest absolute Gasteiger partial charge is 0.247 e. The van der Waals surface area contributed by atoms with Gasteiger partial charge in [0.15, 0.2) is 5.78 Å². The Morgan fingerprint density at radius 3 is 2.32 bits per heavy atom. The summed E-state index contributed by atoms with van der Waals surface area (Å²) in [5.74, 6) is 0.757. The SMILES string of the molecule is CCOP(=S)(OCC)SCCC(=O)c1ccccc1. The Kier molecular flexibility index (Phi) is 7.88. The van der Waals surface area contributed by atoms with Crippen molar-refractivity contribution >= 4 is 34.7 Å². The molecule has 0 amide bonds. The third kappa shape index (κ3) is 6.19. The van der Waals surface area contributed by atoms with Crippen LogP contribution in [0, 0.1) is 0 Å². The van der Waals surface area contributed by atoms with Gasteiger partial charge in [-0.3, -0.25) is 4.79 Å². The summed E-state index contributed by atoms with van der Waals surface area (Å²) >= 11 is 6.84. The Morgan fingerprint density at radius 2 is 1.79 bits per heavy atom. The number of carbonyl (C=O) groups is 1. The highest BCUT2D eigenvalue weighted by atomic mass is 32.9. The summed E-state index contributed by atoms with van der Waals surface area (Å²) in [6.07, 6.45) is 0.452. The molecule has 0 saturated carbocycles. The van der Waals surface area contributed by atoms with E-state index >= 15 is 0 Å². The second-order valence-corrected chi connectivity index (χ2v) is 10.1. The van der Waals surface area contributed by atoms with Crippen molar-refractivity contribution in [1.82, 2.24) is 0 Å². The van der Waals surface area contributed by atoms with Gasteiger partial charge in [0.25, 0.3) is 0 Å². The van der Waals surface area contributed by atoms with E-state index in [2.05, 4.69) is 0 Å². The van der Waals surface area contributed by atoms with Gasteiger partial charge in [-0.25, -0.2) is 0 Å². The second-order valence-electron chi connectivity index (χ2n) is 3.66. The van der Waals surface area contributed by atoms with E-state index in [-0.39, 0.29) is 5.78 Å². The van der Waals surface area contributed by atoms with Crippen molar-refractivity contribution in [3.63, 3.8) is 0 Å². The first kappa shape index (κ1) is 16.9. The van der Waals surface area contributed by atoms with Crippen LogP contribution >= 0.6 is 17.1 Å². The van der Waals surface area contributed by atoms with E-state index in [1.165, 1.54) is 11.4 Å². The molecule has 0 saturated heterocycles. The molecule has 0 bridgehead atoms. The molecule has 0 aliphatic heterocycles. The van der Waals surface area contributed by atoms with Crippen LogP contribution in [0.3, 0.4) is 0 Å². The minimum absolute atomic E-state index is 0.127. The molecule has 19 heavy (non-hydrogen) atoms. The summed E-state index contributed by atoms with van der Waals surface area (Å²) in [5.41, 5.74) is -1.53. The number of ketones is 1. The zero-order valence-electron chi connectivity index (χ0n) is 11.2. The number of rotatable bonds is 9. The highest BCUT2D eigenvalue weighted by Gasteiger charge is 2.19. The van der Waals surface area contributed by atoms with E-state index in [1.54, 1.807) is 0 Å². The van der Waals surface area contributed by atoms with Gasteiger partial charge in [-0.15, -0.1) is 0 Å². The summed E-state index contributed by atoms with van der Waals surface area (Å²) in [5, 5.41) is 0. The van der Waals surface area contributed by atoms with Crippen LogP contribution in [0.1, 0.15) is 30.6 Å². The lowest BCUT2D eigenvalue weighted by Gasteiger charge is -2.19. The number of hydrogen-bond donors (Lipinski definition) is 0. The molecule has 0 N–H and O–H groups in total. The Morgan fingerprint density at radius 1 is 1.21 bits per heavy atom. The maximum Gasteiger partial charge on any atom is 0.247 e. The summed E-state index contributed by atoms with van der Waals surface area (Å²) in [4.78, 5) is 11.9. The molecule has 3 nitrogen and oxygen atoms in total. The number of carbonyl (C=O) groups excluding carboxylic acids is 1. The van der Waals surface area contributed by atoms with Crippen LogP contribution in [0.15, 0.2) is 30.3 Å². The lowest BCUT2D eigenvalue weighted by Crippen LogP contribution is -2.01. The maximum atomic E-state index is 11.9. The molecule has 0 aromatic heterocycles. The molecule has 0 fully saturated rings. The average Bonchev–Trinajstić information content (AvgIpc) is 2.40. The lowest BCUT2D eigenvalue weighted by molar-refractivity contribution is 0.0989. The highest BCUT2D eigenvalue weighted by molar-refractivity contribution is 8.67. The average molecular weight is 318 g/mol. The molecule has 0 aliphatic carbocycles. The van der Waals surface area contributed by atoms with Crippen LogP contribution in [0.5, 0.6) is 0 Å². The zero-order valence-corrected chi connectivity index (χ0v) is 13.7. The van der Waals surface area contributed by atoms with Crippen LogP contribution < -0.4 is 0 Å². The van der Waals surface area contributed by atoms with Crippen LogP contribution in [0.2, 0.25) is 0 Å². The fourth-order valence-corrected chi connectivity index (χ4v) is 6.13. The van der Waals surface area contributed by atoms with Gasteiger partial charge in [-0.1, -0.05) is 41.7 Å². The quantitative estimate of drug-likeness (QED) is 0.501. The molecular formula is C13H19O3PS2. The fraction of sp³-hybridized carbons (Fsp3) is 0.462. The van der Waals surface area contributed by atoms with Gasteiger partial charge in [0.05, 0.1) is 13.2 Å². The van der Waals surface area contributed by atoms with Crippen LogP contribution in [-0.4, -0.2) is 24.7 Å². The molecule has 1 aromatic rings. The molecule has 6 heteroatoms. The van der Waals surface area contributed by atoms with Gasteiger partial charge in [0, 0.05) is 17.7 Å². The third-order valence-corrected chi connectivity index (χ3v) is 7.81. The Hall–Kier alpha value is -0.190.